The number of aryl methyl sites for hydroxylation is 4. The third-order valence-electron chi connectivity index (χ3n) is 29.7. The van der Waals surface area contributed by atoms with E-state index < -0.39 is 11.6 Å². The van der Waals surface area contributed by atoms with Gasteiger partial charge in [0, 0.05) is 193 Å². The SMILES string of the molecule is CC(=O)CC[C@@H]1[C@H](c2ccc(C#Cc3ccccn3)cc2)[C@@H]2CN(C(=O)Nc3ccc(C)cc3)CCCCN12.Cc1ccc(CN2CCCCN3[C@H](CO)[C@H](c4ccc(C#Cc5ccccc5)cc4)[C@@H]3C2)cc1.Cc1ccc(NC(=O)N2CCCCN3C[C@H](c4ccc(C#Cc5ccccc5)cc4)[C@@H]3C2)cc1.Cc1ccc(NC(=O)N2CCCCN3[C@H](CO)[C@H](c4ccc(C#Cc5ccc(F)c(F)c5)cc4)[C@@H]3C2)cc1. The van der Waals surface area contributed by atoms with Crippen LogP contribution >= 0.6 is 0 Å². The van der Waals surface area contributed by atoms with Gasteiger partial charge in [0.05, 0.1) is 13.2 Å². The van der Waals surface area contributed by atoms with Gasteiger partial charge < -0.3 is 45.7 Å². The predicted molar refractivity (Wildman–Crippen MR) is 575 cm³/mol. The number of fused-ring (bicyclic) bond motifs is 4. The highest BCUT2D eigenvalue weighted by Gasteiger charge is 2.53. The molecule has 18 nitrogen and oxygen atoms in total. The molecule has 0 spiro atoms. The van der Waals surface area contributed by atoms with E-state index in [9.17, 15) is 38.2 Å². The van der Waals surface area contributed by atoms with E-state index in [1.54, 1.807) is 13.1 Å². The van der Waals surface area contributed by atoms with Gasteiger partial charge in [0.2, 0.25) is 0 Å². The van der Waals surface area contributed by atoms with Crippen molar-refractivity contribution in [3.63, 3.8) is 0 Å². The molecule has 11 atom stereocenters. The molecule has 20 rings (SSSR count). The molecule has 5 N–H and O–H groups in total. The van der Waals surface area contributed by atoms with Crippen LogP contribution < -0.4 is 16.0 Å². The molecule has 8 aliphatic rings. The van der Waals surface area contributed by atoms with Gasteiger partial charge in [-0.25, -0.2) is 28.1 Å². The average Bonchev–Trinajstić information content (AvgIpc) is 0.748. The lowest BCUT2D eigenvalue weighted by Gasteiger charge is -2.58. The Bertz CT molecular complexity index is 6600. The maximum atomic E-state index is 13.5. The Hall–Kier alpha value is -14.1. The van der Waals surface area contributed by atoms with Crippen LogP contribution in [0.3, 0.4) is 0 Å². The summed E-state index contributed by atoms with van der Waals surface area (Å²) in [6, 6.07) is 97.3. The summed E-state index contributed by atoms with van der Waals surface area (Å²) in [6.07, 6.45) is 11.6. The van der Waals surface area contributed by atoms with Crippen LogP contribution in [-0.2, 0) is 11.3 Å². The number of aromatic nitrogens is 1. The fraction of sp³-hybridized carbons (Fsp3) is 0.336. The third-order valence-corrected chi connectivity index (χ3v) is 29.7. The number of hydrogen-bond donors (Lipinski definition) is 5. The number of carbonyl (C=O) groups is 4. The van der Waals surface area contributed by atoms with Crippen LogP contribution in [-0.4, -0.2) is 219 Å². The second-order valence-electron chi connectivity index (χ2n) is 39.8. The van der Waals surface area contributed by atoms with Crippen LogP contribution in [0, 0.1) is 86.7 Å². The van der Waals surface area contributed by atoms with Crippen molar-refractivity contribution in [2.75, 3.05) is 114 Å². The molecule has 8 fully saturated rings. The number of anilines is 3. The summed E-state index contributed by atoms with van der Waals surface area (Å²) in [5, 5.41) is 29.6. The second kappa shape index (κ2) is 49.9. The summed E-state index contributed by atoms with van der Waals surface area (Å²) in [4.78, 5) is 74.1. The minimum Gasteiger partial charge on any atom is -0.395 e. The average molecular weight is 1940 g/mol. The Morgan fingerprint density at radius 3 is 1.11 bits per heavy atom. The van der Waals surface area contributed by atoms with Gasteiger partial charge in [-0.15, -0.1) is 0 Å². The number of urea groups is 3. The van der Waals surface area contributed by atoms with Gasteiger partial charge in [-0.1, -0.05) is 215 Å². The van der Waals surface area contributed by atoms with Gasteiger partial charge in [0.25, 0.3) is 0 Å². The molecule has 20 heteroatoms. The number of hydrogen-bond acceptors (Lipinski definition) is 12. The lowest BCUT2D eigenvalue weighted by molar-refractivity contribution is -0.118. The molecule has 11 aromatic carbocycles. The fourth-order valence-electron chi connectivity index (χ4n) is 21.7. The molecule has 1 aromatic heterocycles. The molecule has 8 aliphatic heterocycles. The van der Waals surface area contributed by atoms with Crippen LogP contribution in [0.2, 0.25) is 0 Å². The largest absolute Gasteiger partial charge is 0.395 e. The number of halogens is 2. The van der Waals surface area contributed by atoms with E-state index in [-0.39, 0.29) is 73.1 Å². The number of nitrogens with one attached hydrogen (secondary N) is 3. The number of rotatable bonds is 14. The minimum atomic E-state index is -0.919. The lowest BCUT2D eigenvalue weighted by atomic mass is 9.72. The van der Waals surface area contributed by atoms with E-state index in [4.69, 9.17) is 0 Å². The summed E-state index contributed by atoms with van der Waals surface area (Å²) in [5.74, 6) is 24.8. The van der Waals surface area contributed by atoms with E-state index in [2.05, 4.69) is 204 Å². The highest BCUT2D eigenvalue weighted by atomic mass is 19.2. The zero-order valence-electron chi connectivity index (χ0n) is 83.8. The Balaban J connectivity index is 0.000000133. The van der Waals surface area contributed by atoms with Crippen molar-refractivity contribution >= 4 is 40.9 Å². The quantitative estimate of drug-likeness (QED) is 0.0651. The molecule has 0 radical (unpaired) electrons. The molecule has 12 aromatic rings. The number of ketones is 1. The first kappa shape index (κ1) is 102. The zero-order valence-corrected chi connectivity index (χ0v) is 83.8. The molecule has 742 valence electrons. The molecule has 0 saturated carbocycles. The van der Waals surface area contributed by atoms with Gasteiger partial charge in [-0.2, -0.15) is 0 Å². The van der Waals surface area contributed by atoms with Crippen LogP contribution in [0.5, 0.6) is 0 Å². The highest BCUT2D eigenvalue weighted by molar-refractivity contribution is 5.91. The van der Waals surface area contributed by atoms with Crippen molar-refractivity contribution in [2.24, 2.45) is 0 Å². The van der Waals surface area contributed by atoms with E-state index in [1.807, 2.05) is 204 Å². The van der Waals surface area contributed by atoms with E-state index in [0.717, 1.165) is 202 Å². The maximum Gasteiger partial charge on any atom is 0.321 e. The maximum absolute atomic E-state index is 13.5. The van der Waals surface area contributed by atoms with E-state index in [0.29, 0.717) is 61.6 Å². The summed E-state index contributed by atoms with van der Waals surface area (Å²) < 4.78 is 26.6. The van der Waals surface area contributed by atoms with Crippen molar-refractivity contribution in [1.29, 1.82) is 0 Å². The second-order valence-corrected chi connectivity index (χ2v) is 39.8. The Morgan fingerprint density at radius 2 is 0.697 bits per heavy atom. The smallest absolute Gasteiger partial charge is 0.321 e. The number of nitrogens with zero attached hydrogens (tertiary/aromatic N) is 9. The minimum absolute atomic E-state index is 0.000709. The van der Waals surface area contributed by atoms with Gasteiger partial charge in [-0.3, -0.25) is 24.5 Å². The number of pyridine rings is 1. The first-order valence-corrected chi connectivity index (χ1v) is 51.6. The molecular formula is C125H132F2N12O6. The topological polar surface area (TPSA) is 184 Å². The van der Waals surface area contributed by atoms with Gasteiger partial charge in [0.15, 0.2) is 11.6 Å². The van der Waals surface area contributed by atoms with Crippen molar-refractivity contribution in [1.82, 2.24) is 44.2 Å². The molecule has 8 saturated heterocycles. The van der Waals surface area contributed by atoms with Gasteiger partial charge >= 0.3 is 18.1 Å². The summed E-state index contributed by atoms with van der Waals surface area (Å²) >= 11 is 0. The first-order chi connectivity index (χ1) is 70.8. The summed E-state index contributed by atoms with van der Waals surface area (Å²) in [7, 11) is 0. The predicted octanol–water partition coefficient (Wildman–Crippen LogP) is 21.1. The number of benzene rings is 11. The van der Waals surface area contributed by atoms with Gasteiger partial charge in [-0.05, 0) is 298 Å². The van der Waals surface area contributed by atoms with Crippen LogP contribution in [0.15, 0.2) is 297 Å². The van der Waals surface area contributed by atoms with Crippen molar-refractivity contribution < 1.29 is 38.2 Å². The molecule has 0 aliphatic carbocycles. The third kappa shape index (κ3) is 27.1. The van der Waals surface area contributed by atoms with Crippen LogP contribution in [0.1, 0.15) is 190 Å². The van der Waals surface area contributed by atoms with E-state index in [1.165, 1.54) is 52.3 Å². The fourth-order valence-corrected chi connectivity index (χ4v) is 21.7. The van der Waals surface area contributed by atoms with Gasteiger partial charge in [0.1, 0.15) is 11.5 Å². The Morgan fingerprint density at radius 1 is 0.345 bits per heavy atom. The lowest BCUT2D eigenvalue weighted by Crippen LogP contribution is -2.68. The standard InChI is InChI=1S/C33H36N4O2.C31H31F2N3O2.C31H34N2O.C30H31N3O/c1-24-8-16-29(17-9-24)35-33(39)36-21-5-6-22-37-30(19-10-25(2)38)32(31(37)23-36)27-14-11-26(12-15-27)13-18-28-7-3-4-20-34-28;1-21-4-13-25(14-5-21)34-31(38)35-16-2-3-17-36-28(19-35)30(29(36)20-37)24-11-8-22(9-12-24)6-7-23-10-15-26(32)27(33)18-23;1-24-9-11-27(12-10-24)21-32-19-5-6-20-33-29(22-32)31(30(33)23-34)28-17-15-26(16-18-28)14-13-25-7-3-2-4-8-25;1-23-9-17-27(18-10-23)31-30(34)33-20-6-5-19-32-21-28(29(32)22-33)26-15-13-25(14-16-26)12-11-24-7-3-2-4-8-24/h3-4,7-9,11-12,14-17,20,30-32H,5-6,10,19,21-23H2,1-2H3,(H,35,39);4-5,8-15,18,28-30,37H,2-3,16-17,19-20H2,1H3,(H,34,38);2-4,7-12,15-18,29-31,34H,5-6,19-23H2,1H3;2-4,7-10,13-18,28-29H,5-6,19-22H2,1H3,(H,31,34)/t30-,31+,32+;28-,29+,30+;29-,30+,31+;28-,29+/m1001/s1. The summed E-state index contributed by atoms with van der Waals surface area (Å²) in [5.41, 5.74) is 20.6. The molecule has 0 unspecified atom stereocenters. The number of Topliss-reactive ketones (excluding diaryl/α,β-unsaturated/α-hetero) is 1. The highest BCUT2D eigenvalue weighted by Crippen LogP contribution is 2.47. The van der Waals surface area contributed by atoms with Crippen molar-refractivity contribution in [3.05, 3.63) is 404 Å². The number of carbonyl (C=O) groups excluding carboxylic acids is 4. The normalized spacial score (nSPS) is 21.3. The van der Waals surface area contributed by atoms with Crippen LogP contribution in [0.25, 0.3) is 0 Å². The molecule has 0 bridgehead atoms. The molecule has 145 heavy (non-hydrogen) atoms. The monoisotopic (exact) mass is 1940 g/mol. The molecular weight excluding hydrogens is 1800 g/mol. The van der Waals surface area contributed by atoms with Crippen LogP contribution in [0.4, 0.5) is 40.2 Å². The zero-order chi connectivity index (χ0) is 100. The van der Waals surface area contributed by atoms with E-state index >= 15 is 0 Å². The van der Waals surface area contributed by atoms with Crippen molar-refractivity contribution in [3.8, 4) is 47.4 Å². The van der Waals surface area contributed by atoms with Crippen molar-refractivity contribution in [2.45, 2.75) is 171 Å². The Labute approximate surface area is 854 Å². The number of amides is 6. The number of aliphatic hydroxyl groups excluding tert-OH is 2. The summed E-state index contributed by atoms with van der Waals surface area (Å²) in [6.45, 7) is 22.8. The Kier molecular flexibility index (Phi) is 35.2. The molecule has 9 heterocycles. The first-order valence-electron chi connectivity index (χ1n) is 51.6. The molecule has 6 amide bonds. The number of aliphatic hydroxyl groups is 2.